The molecule has 7 nitrogen and oxygen atoms in total. The van der Waals surface area contributed by atoms with Crippen LogP contribution in [0.4, 0.5) is 0 Å². The molecule has 27 heavy (non-hydrogen) atoms. The molecule has 156 valence electrons. The molecule has 0 bridgehead atoms. The molecule has 1 heterocycles. The molecule has 0 aromatic heterocycles. The Morgan fingerprint density at radius 1 is 1.11 bits per heavy atom. The lowest BCUT2D eigenvalue weighted by Gasteiger charge is -2.27. The van der Waals surface area contributed by atoms with E-state index >= 15 is 0 Å². The van der Waals surface area contributed by atoms with Crippen LogP contribution in [0.15, 0.2) is 29.2 Å². The zero-order valence-corrected chi connectivity index (χ0v) is 18.3. The fourth-order valence-corrected chi connectivity index (χ4v) is 3.85. The predicted molar refractivity (Wildman–Crippen MR) is 113 cm³/mol. The topological polar surface area (TPSA) is 81.8 Å². The van der Waals surface area contributed by atoms with Gasteiger partial charge in [0.05, 0.1) is 4.90 Å². The van der Waals surface area contributed by atoms with Crippen molar-refractivity contribution in [2.75, 3.05) is 52.4 Å². The minimum absolute atomic E-state index is 0. The molecule has 1 aliphatic rings. The Labute approximate surface area is 174 Å². The number of hydrogen-bond donors (Lipinski definition) is 2. The summed E-state index contributed by atoms with van der Waals surface area (Å²) in [5, 5.41) is 3.27. The highest BCUT2D eigenvalue weighted by atomic mass is 35.5. The van der Waals surface area contributed by atoms with Crippen molar-refractivity contribution >= 4 is 40.7 Å². The van der Waals surface area contributed by atoms with Crippen LogP contribution < -0.4 is 10.0 Å². The van der Waals surface area contributed by atoms with E-state index in [2.05, 4.69) is 14.9 Å². The Balaban J connectivity index is 0.00000338. The van der Waals surface area contributed by atoms with Crippen LogP contribution in [0.5, 0.6) is 0 Å². The quantitative estimate of drug-likeness (QED) is 0.634. The molecule has 10 heteroatoms. The maximum Gasteiger partial charge on any atom is 0.253 e. The lowest BCUT2D eigenvalue weighted by molar-refractivity contribution is 0.0773. The van der Waals surface area contributed by atoms with E-state index < -0.39 is 10.0 Å². The average molecular weight is 441 g/mol. The summed E-state index contributed by atoms with van der Waals surface area (Å²) in [4.78, 5) is 16.4. The molecule has 0 unspecified atom stereocenters. The van der Waals surface area contributed by atoms with E-state index in [9.17, 15) is 13.2 Å². The third kappa shape index (κ3) is 7.56. The first-order valence-corrected chi connectivity index (χ1v) is 10.3. The molecule has 1 saturated heterocycles. The first-order valence-electron chi connectivity index (χ1n) is 8.80. The van der Waals surface area contributed by atoms with E-state index in [1.54, 1.807) is 17.0 Å². The average Bonchev–Trinajstić information content (AvgIpc) is 2.63. The molecule has 0 atom stereocenters. The van der Waals surface area contributed by atoms with Gasteiger partial charge in [0, 0.05) is 57.9 Å². The second-order valence-electron chi connectivity index (χ2n) is 5.99. The van der Waals surface area contributed by atoms with Gasteiger partial charge in [0.15, 0.2) is 0 Å². The fourth-order valence-electron chi connectivity index (χ4n) is 2.83. The number of halogens is 2. The normalized spacial score (nSPS) is 14.7. The second-order valence-corrected chi connectivity index (χ2v) is 7.76. The summed E-state index contributed by atoms with van der Waals surface area (Å²) in [6, 6.07) is 6.13. The summed E-state index contributed by atoms with van der Waals surface area (Å²) in [7, 11) is -3.55. The van der Waals surface area contributed by atoms with Gasteiger partial charge in [-0.2, -0.15) is 0 Å². The molecule has 2 rings (SSSR count). The van der Waals surface area contributed by atoms with Crippen molar-refractivity contribution in [2.24, 2.45) is 0 Å². The number of nitrogens with zero attached hydrogens (tertiary/aromatic N) is 2. The zero-order chi connectivity index (χ0) is 18.3. The van der Waals surface area contributed by atoms with Gasteiger partial charge in [0.1, 0.15) is 0 Å². The van der Waals surface area contributed by atoms with E-state index in [4.69, 9.17) is 0 Å². The van der Waals surface area contributed by atoms with Crippen molar-refractivity contribution in [3.05, 3.63) is 29.8 Å². The number of carbonyl (C=O) groups excluding carboxylic acids is 1. The number of sulfonamides is 1. The molecule has 1 aromatic carbocycles. The van der Waals surface area contributed by atoms with E-state index in [1.807, 2.05) is 13.8 Å². The van der Waals surface area contributed by atoms with Crippen LogP contribution in [-0.4, -0.2) is 76.5 Å². The molecular formula is C17H30Cl2N4O3S. The second kappa shape index (κ2) is 12.5. The number of hydrogen-bond acceptors (Lipinski definition) is 5. The highest BCUT2D eigenvalue weighted by Crippen LogP contribution is 2.12. The Hall–Kier alpha value is -0.900. The molecule has 1 aromatic rings. The molecule has 1 fully saturated rings. The molecule has 1 aliphatic heterocycles. The third-order valence-electron chi connectivity index (χ3n) is 4.39. The van der Waals surface area contributed by atoms with Crippen LogP contribution in [0, 0.1) is 0 Å². The monoisotopic (exact) mass is 440 g/mol. The summed E-state index contributed by atoms with van der Waals surface area (Å²) in [6.45, 7) is 9.91. The van der Waals surface area contributed by atoms with Gasteiger partial charge in [-0.3, -0.25) is 9.69 Å². The van der Waals surface area contributed by atoms with Gasteiger partial charge in [0.25, 0.3) is 5.91 Å². The SMILES string of the molecule is CCN(CC)C(=O)c1ccc(S(=O)(=O)NCCN2CCNCC2)cc1.Cl.Cl. The van der Waals surface area contributed by atoms with Gasteiger partial charge < -0.3 is 10.2 Å². The standard InChI is InChI=1S/C17H28N4O3S.2ClH/c1-3-21(4-2)17(22)15-5-7-16(8-6-15)25(23,24)19-11-14-20-12-9-18-10-13-20;;/h5-8,18-19H,3-4,9-14H2,1-2H3;2*1H. The van der Waals surface area contributed by atoms with Gasteiger partial charge in [-0.25, -0.2) is 13.1 Å². The summed E-state index contributed by atoms with van der Waals surface area (Å²) in [5.74, 6) is -0.0828. The lowest BCUT2D eigenvalue weighted by atomic mass is 10.2. The summed E-state index contributed by atoms with van der Waals surface area (Å²) in [5.41, 5.74) is 0.503. The Morgan fingerprint density at radius 2 is 1.67 bits per heavy atom. The largest absolute Gasteiger partial charge is 0.339 e. The number of amides is 1. The van der Waals surface area contributed by atoms with Gasteiger partial charge in [-0.05, 0) is 38.1 Å². The third-order valence-corrected chi connectivity index (χ3v) is 5.87. The van der Waals surface area contributed by atoms with Crippen molar-refractivity contribution in [1.82, 2.24) is 19.8 Å². The van der Waals surface area contributed by atoms with Crippen LogP contribution in [0.25, 0.3) is 0 Å². The molecule has 0 aliphatic carbocycles. The molecule has 0 spiro atoms. The first-order chi connectivity index (χ1) is 12.0. The fraction of sp³-hybridized carbons (Fsp3) is 0.588. The van der Waals surface area contributed by atoms with Crippen LogP contribution >= 0.6 is 24.8 Å². The molecule has 1 amide bonds. The van der Waals surface area contributed by atoms with Crippen molar-refractivity contribution < 1.29 is 13.2 Å². The number of piperazine rings is 1. The van der Waals surface area contributed by atoms with Gasteiger partial charge >= 0.3 is 0 Å². The van der Waals surface area contributed by atoms with E-state index in [1.165, 1.54) is 12.1 Å². The lowest BCUT2D eigenvalue weighted by Crippen LogP contribution is -2.46. The molecule has 0 radical (unpaired) electrons. The highest BCUT2D eigenvalue weighted by Gasteiger charge is 2.17. The smallest absolute Gasteiger partial charge is 0.253 e. The maximum absolute atomic E-state index is 12.4. The Bertz CT molecular complexity index is 661. The van der Waals surface area contributed by atoms with E-state index in [0.717, 1.165) is 26.2 Å². The van der Waals surface area contributed by atoms with Crippen LogP contribution in [-0.2, 0) is 10.0 Å². The van der Waals surface area contributed by atoms with Crippen LogP contribution in [0.3, 0.4) is 0 Å². The van der Waals surface area contributed by atoms with Crippen molar-refractivity contribution in [3.63, 3.8) is 0 Å². The molecular weight excluding hydrogens is 411 g/mol. The summed E-state index contributed by atoms with van der Waals surface area (Å²) >= 11 is 0. The van der Waals surface area contributed by atoms with Crippen LogP contribution in [0.1, 0.15) is 24.2 Å². The molecule has 2 N–H and O–H groups in total. The summed E-state index contributed by atoms with van der Waals surface area (Å²) in [6.07, 6.45) is 0. The number of benzene rings is 1. The van der Waals surface area contributed by atoms with Gasteiger partial charge in [-0.1, -0.05) is 0 Å². The first kappa shape index (κ1) is 26.1. The minimum Gasteiger partial charge on any atom is -0.339 e. The van der Waals surface area contributed by atoms with Crippen molar-refractivity contribution in [3.8, 4) is 0 Å². The van der Waals surface area contributed by atoms with Gasteiger partial charge in [-0.15, -0.1) is 24.8 Å². The predicted octanol–water partition coefficient (Wildman–Crippen LogP) is 1.20. The number of carbonyl (C=O) groups is 1. The van der Waals surface area contributed by atoms with E-state index in [0.29, 0.717) is 31.7 Å². The Morgan fingerprint density at radius 3 is 2.19 bits per heavy atom. The minimum atomic E-state index is -3.55. The van der Waals surface area contributed by atoms with Crippen LogP contribution in [0.2, 0.25) is 0 Å². The highest BCUT2D eigenvalue weighted by molar-refractivity contribution is 7.89. The van der Waals surface area contributed by atoms with E-state index in [-0.39, 0.29) is 35.6 Å². The van der Waals surface area contributed by atoms with Gasteiger partial charge in [0.2, 0.25) is 10.0 Å². The maximum atomic E-state index is 12.4. The summed E-state index contributed by atoms with van der Waals surface area (Å²) < 4.78 is 27.4. The van der Waals surface area contributed by atoms with Crippen molar-refractivity contribution in [1.29, 1.82) is 0 Å². The molecule has 0 saturated carbocycles. The Kier molecular flexibility index (Phi) is 12.1. The number of nitrogens with one attached hydrogen (secondary N) is 2. The number of rotatable bonds is 8. The zero-order valence-electron chi connectivity index (χ0n) is 15.8. The van der Waals surface area contributed by atoms with Crippen molar-refractivity contribution in [2.45, 2.75) is 18.7 Å².